The van der Waals surface area contributed by atoms with Crippen LogP contribution in [0, 0.1) is 0 Å². The average molecular weight is 162 g/mol. The van der Waals surface area contributed by atoms with E-state index in [2.05, 4.69) is 6.58 Å². The van der Waals surface area contributed by atoms with E-state index in [-0.39, 0.29) is 5.97 Å². The van der Waals surface area contributed by atoms with E-state index in [1.54, 1.807) is 6.92 Å². The van der Waals surface area contributed by atoms with Gasteiger partial charge >= 0.3 is 5.97 Å². The van der Waals surface area contributed by atoms with Crippen molar-refractivity contribution in [2.75, 3.05) is 18.8 Å². The Morgan fingerprint density at radius 2 is 1.80 bits per heavy atom. The maximum Gasteiger partial charge on any atom is 0.343 e. The molecule has 10 heavy (non-hydrogen) atoms. The quantitative estimate of drug-likeness (QED) is 0.578. The maximum atomic E-state index is 10.9. The van der Waals surface area contributed by atoms with Crippen LogP contribution in [0.4, 0.5) is 0 Å². The molecule has 0 radical (unpaired) electrons. The van der Waals surface area contributed by atoms with Crippen LogP contribution in [-0.2, 0) is 8.98 Å². The van der Waals surface area contributed by atoms with E-state index in [4.69, 9.17) is 4.18 Å². The minimum Gasteiger partial charge on any atom is -0.413 e. The van der Waals surface area contributed by atoms with E-state index in [1.165, 1.54) is 0 Å². The minimum absolute atomic E-state index is 0.289. The molecule has 0 spiro atoms. The fourth-order valence-electron chi connectivity index (χ4n) is 0.298. The molecular weight excluding hydrogens is 148 g/mol. The Balaban J connectivity index is 3.93. The van der Waals surface area contributed by atoms with Crippen molar-refractivity contribution in [2.24, 2.45) is 0 Å². The van der Waals surface area contributed by atoms with Crippen LogP contribution in [0.15, 0.2) is 12.2 Å². The second-order valence-electron chi connectivity index (χ2n) is 2.88. The number of carbonyl (C=O) groups excluding carboxylic acids is 1. The molecule has 0 saturated carbocycles. The standard InChI is InChI=1S/C7H14O2S/c1-6(2)7(8)9-10(3,4)5/h1H2,2-5H3. The molecule has 0 aromatic heterocycles. The Kier molecular flexibility index (Phi) is 2.96. The predicted octanol–water partition coefficient (Wildman–Crippen LogP) is 1.71. The molecule has 0 bridgehead atoms. The topological polar surface area (TPSA) is 26.3 Å². The zero-order valence-electron chi connectivity index (χ0n) is 6.93. The van der Waals surface area contributed by atoms with Crippen LogP contribution >= 0.6 is 10.3 Å². The molecule has 0 aromatic carbocycles. The molecule has 0 amide bonds. The SMILES string of the molecule is C=C(C)C(=O)OS(C)(C)C. The molecule has 0 atom stereocenters. The number of carbonyl (C=O) groups is 1. The van der Waals surface area contributed by atoms with Gasteiger partial charge in [-0.05, 0) is 25.7 Å². The van der Waals surface area contributed by atoms with E-state index in [9.17, 15) is 4.79 Å². The highest BCUT2D eigenvalue weighted by atomic mass is 32.3. The molecule has 0 aliphatic heterocycles. The van der Waals surface area contributed by atoms with Gasteiger partial charge in [-0.2, -0.15) is 0 Å². The molecule has 0 aliphatic rings. The van der Waals surface area contributed by atoms with Crippen molar-refractivity contribution in [3.05, 3.63) is 12.2 Å². The summed E-state index contributed by atoms with van der Waals surface area (Å²) in [5.41, 5.74) is 0.461. The first-order valence-corrected chi connectivity index (χ1v) is 5.69. The van der Waals surface area contributed by atoms with Crippen molar-refractivity contribution in [1.29, 1.82) is 0 Å². The van der Waals surface area contributed by atoms with Gasteiger partial charge in [-0.3, -0.25) is 0 Å². The second kappa shape index (κ2) is 3.10. The molecule has 0 heterocycles. The van der Waals surface area contributed by atoms with E-state index in [1.807, 2.05) is 18.8 Å². The number of hydrogen-bond donors (Lipinski definition) is 0. The largest absolute Gasteiger partial charge is 0.413 e. The van der Waals surface area contributed by atoms with Gasteiger partial charge in [-0.1, -0.05) is 16.9 Å². The Morgan fingerprint density at radius 3 is 1.90 bits per heavy atom. The van der Waals surface area contributed by atoms with Gasteiger partial charge in [-0.15, -0.1) is 0 Å². The summed E-state index contributed by atoms with van der Waals surface area (Å²) in [5, 5.41) is 0. The van der Waals surface area contributed by atoms with Crippen molar-refractivity contribution in [1.82, 2.24) is 0 Å². The predicted molar refractivity (Wildman–Crippen MR) is 46.3 cm³/mol. The lowest BCUT2D eigenvalue weighted by atomic mass is 10.4. The van der Waals surface area contributed by atoms with E-state index in [0.29, 0.717) is 5.57 Å². The summed E-state index contributed by atoms with van der Waals surface area (Å²) in [5.74, 6) is -0.289. The Morgan fingerprint density at radius 1 is 1.40 bits per heavy atom. The fraction of sp³-hybridized carbons (Fsp3) is 0.571. The lowest BCUT2D eigenvalue weighted by molar-refractivity contribution is -0.129. The molecule has 3 heteroatoms. The Labute approximate surface area is 63.8 Å². The molecular formula is C7H14O2S. The first kappa shape index (κ1) is 9.56. The Bertz CT molecular complexity index is 155. The average Bonchev–Trinajstić information content (AvgIpc) is 1.60. The molecule has 0 N–H and O–H groups in total. The molecule has 0 aliphatic carbocycles. The van der Waals surface area contributed by atoms with Gasteiger partial charge in [-0.25, -0.2) is 4.79 Å². The third-order valence-corrected chi connectivity index (χ3v) is 1.33. The smallest absolute Gasteiger partial charge is 0.343 e. The summed E-state index contributed by atoms with van der Waals surface area (Å²) in [6, 6.07) is 0. The maximum absolute atomic E-state index is 10.9. The van der Waals surface area contributed by atoms with Gasteiger partial charge in [0.05, 0.1) is 0 Å². The summed E-state index contributed by atoms with van der Waals surface area (Å²) in [4.78, 5) is 10.9. The van der Waals surface area contributed by atoms with Crippen molar-refractivity contribution in [3.8, 4) is 0 Å². The van der Waals surface area contributed by atoms with Crippen LogP contribution in [0.25, 0.3) is 0 Å². The van der Waals surface area contributed by atoms with Crippen molar-refractivity contribution in [2.45, 2.75) is 6.92 Å². The monoisotopic (exact) mass is 162 g/mol. The first-order valence-electron chi connectivity index (χ1n) is 2.90. The van der Waals surface area contributed by atoms with Gasteiger partial charge in [0.1, 0.15) is 0 Å². The van der Waals surface area contributed by atoms with E-state index in [0.717, 1.165) is 0 Å². The van der Waals surface area contributed by atoms with Crippen molar-refractivity contribution in [3.63, 3.8) is 0 Å². The van der Waals surface area contributed by atoms with Gasteiger partial charge in [0.15, 0.2) is 0 Å². The highest BCUT2D eigenvalue weighted by Crippen LogP contribution is 2.36. The van der Waals surface area contributed by atoms with Gasteiger partial charge in [0, 0.05) is 5.57 Å². The van der Waals surface area contributed by atoms with Gasteiger partial charge in [0.2, 0.25) is 0 Å². The highest BCUT2D eigenvalue weighted by Gasteiger charge is 2.11. The molecule has 0 fully saturated rings. The summed E-state index contributed by atoms with van der Waals surface area (Å²) < 4.78 is 5.04. The summed E-state index contributed by atoms with van der Waals surface area (Å²) in [6.45, 7) is 5.12. The second-order valence-corrected chi connectivity index (χ2v) is 6.49. The molecule has 2 nitrogen and oxygen atoms in total. The molecule has 0 rings (SSSR count). The van der Waals surface area contributed by atoms with Gasteiger partial charge < -0.3 is 4.18 Å². The molecule has 0 saturated heterocycles. The molecule has 0 aromatic rings. The lowest BCUT2D eigenvalue weighted by Crippen LogP contribution is -2.07. The van der Waals surface area contributed by atoms with Crippen LogP contribution in [-0.4, -0.2) is 24.7 Å². The van der Waals surface area contributed by atoms with Gasteiger partial charge in [0.25, 0.3) is 0 Å². The van der Waals surface area contributed by atoms with Crippen LogP contribution in [0.1, 0.15) is 6.92 Å². The normalized spacial score (nSPS) is 12.4. The first-order chi connectivity index (χ1) is 4.33. The molecule has 60 valence electrons. The van der Waals surface area contributed by atoms with Crippen molar-refractivity contribution < 1.29 is 8.98 Å². The van der Waals surface area contributed by atoms with E-state index >= 15 is 0 Å². The van der Waals surface area contributed by atoms with Crippen LogP contribution in [0.3, 0.4) is 0 Å². The summed E-state index contributed by atoms with van der Waals surface area (Å²) in [6.07, 6.45) is 5.73. The number of hydrogen-bond acceptors (Lipinski definition) is 2. The van der Waals surface area contributed by atoms with Crippen LogP contribution in [0.2, 0.25) is 0 Å². The Hall–Kier alpha value is -0.440. The van der Waals surface area contributed by atoms with Crippen LogP contribution < -0.4 is 0 Å². The number of rotatable bonds is 2. The summed E-state index contributed by atoms with van der Waals surface area (Å²) >= 11 is 0. The third-order valence-electron chi connectivity index (χ3n) is 0.674. The zero-order chi connectivity index (χ0) is 8.36. The zero-order valence-corrected chi connectivity index (χ0v) is 7.75. The van der Waals surface area contributed by atoms with Crippen molar-refractivity contribution >= 4 is 16.3 Å². The summed E-state index contributed by atoms with van der Waals surface area (Å²) in [7, 11) is -1.18. The lowest BCUT2D eigenvalue weighted by Gasteiger charge is -2.24. The molecule has 0 unspecified atom stereocenters. The fourth-order valence-corrected chi connectivity index (χ4v) is 0.895. The highest BCUT2D eigenvalue weighted by molar-refractivity contribution is 8.28. The minimum atomic E-state index is -1.18. The third kappa shape index (κ3) is 4.44. The van der Waals surface area contributed by atoms with E-state index < -0.39 is 10.3 Å². The van der Waals surface area contributed by atoms with Crippen LogP contribution in [0.5, 0.6) is 0 Å².